The van der Waals surface area contributed by atoms with E-state index in [0.29, 0.717) is 16.9 Å². The van der Waals surface area contributed by atoms with Gasteiger partial charge >= 0.3 is 5.97 Å². The Bertz CT molecular complexity index is 380. The fourth-order valence-electron chi connectivity index (χ4n) is 1.19. The Morgan fingerprint density at radius 1 is 1.43 bits per heavy atom. The molecule has 1 N–H and O–H groups in total. The van der Waals surface area contributed by atoms with Crippen LogP contribution in [0.2, 0.25) is 0 Å². The Balaban J connectivity index is 3.31. The zero-order valence-corrected chi connectivity index (χ0v) is 8.20. The second kappa shape index (κ2) is 3.96. The van der Waals surface area contributed by atoms with Gasteiger partial charge in [0.25, 0.3) is 0 Å². The van der Waals surface area contributed by atoms with Crippen molar-refractivity contribution in [3.8, 4) is 5.75 Å². The van der Waals surface area contributed by atoms with Crippen molar-refractivity contribution >= 4 is 11.5 Å². The van der Waals surface area contributed by atoms with Gasteiger partial charge in [-0.3, -0.25) is 0 Å². The molecule has 0 bridgehead atoms. The van der Waals surface area contributed by atoms with E-state index in [4.69, 9.17) is 9.84 Å². The van der Waals surface area contributed by atoms with Gasteiger partial charge in [-0.25, -0.2) is 4.79 Å². The molecule has 1 rings (SSSR count). The number of benzene rings is 1. The standard InChI is InChI=1S/C11H12O3/c1-7(2)10-6-8(14-3)4-5-9(10)11(12)13/h4-6H,1H2,2-3H3,(H,12,13). The lowest BCUT2D eigenvalue weighted by atomic mass is 10.0. The van der Waals surface area contributed by atoms with Gasteiger partial charge in [-0.1, -0.05) is 12.2 Å². The van der Waals surface area contributed by atoms with Crippen molar-refractivity contribution < 1.29 is 14.6 Å². The summed E-state index contributed by atoms with van der Waals surface area (Å²) in [5.74, 6) is -0.321. The fourth-order valence-corrected chi connectivity index (χ4v) is 1.19. The third-order valence-corrected chi connectivity index (χ3v) is 1.92. The van der Waals surface area contributed by atoms with Crippen LogP contribution in [-0.4, -0.2) is 18.2 Å². The summed E-state index contributed by atoms with van der Waals surface area (Å²) in [6.45, 7) is 5.49. The molecular formula is C11H12O3. The zero-order chi connectivity index (χ0) is 10.7. The second-order valence-corrected chi connectivity index (χ2v) is 3.00. The Hall–Kier alpha value is -1.77. The maximum Gasteiger partial charge on any atom is 0.336 e. The van der Waals surface area contributed by atoms with Crippen molar-refractivity contribution in [2.24, 2.45) is 0 Å². The van der Waals surface area contributed by atoms with Crippen LogP contribution in [0.4, 0.5) is 0 Å². The summed E-state index contributed by atoms with van der Waals surface area (Å²) in [5, 5.41) is 8.90. The number of hydrogen-bond acceptors (Lipinski definition) is 2. The molecule has 0 heterocycles. The Kier molecular flexibility index (Phi) is 2.92. The summed E-state index contributed by atoms with van der Waals surface area (Å²) >= 11 is 0. The molecule has 14 heavy (non-hydrogen) atoms. The van der Waals surface area contributed by atoms with Crippen LogP contribution in [0.15, 0.2) is 24.8 Å². The first-order valence-corrected chi connectivity index (χ1v) is 4.13. The third-order valence-electron chi connectivity index (χ3n) is 1.92. The number of hydrogen-bond donors (Lipinski definition) is 1. The molecule has 0 atom stereocenters. The minimum atomic E-state index is -0.953. The summed E-state index contributed by atoms with van der Waals surface area (Å²) < 4.78 is 5.01. The first-order valence-electron chi connectivity index (χ1n) is 4.13. The highest BCUT2D eigenvalue weighted by molar-refractivity contribution is 5.94. The molecule has 0 aliphatic heterocycles. The molecular weight excluding hydrogens is 180 g/mol. The van der Waals surface area contributed by atoms with Gasteiger partial charge < -0.3 is 9.84 Å². The van der Waals surface area contributed by atoms with Crippen LogP contribution in [0.1, 0.15) is 22.8 Å². The highest BCUT2D eigenvalue weighted by Gasteiger charge is 2.10. The Morgan fingerprint density at radius 2 is 2.07 bits per heavy atom. The maximum atomic E-state index is 10.8. The number of aromatic carboxylic acids is 1. The van der Waals surface area contributed by atoms with Crippen molar-refractivity contribution in [3.63, 3.8) is 0 Å². The van der Waals surface area contributed by atoms with E-state index in [9.17, 15) is 4.79 Å². The normalized spacial score (nSPS) is 9.57. The largest absolute Gasteiger partial charge is 0.497 e. The molecule has 1 aromatic rings. The fraction of sp³-hybridized carbons (Fsp3) is 0.182. The molecule has 0 fully saturated rings. The van der Waals surface area contributed by atoms with Crippen LogP contribution in [0, 0.1) is 0 Å². The SMILES string of the molecule is C=C(C)c1cc(OC)ccc1C(=O)O. The van der Waals surface area contributed by atoms with Gasteiger partial charge in [-0.2, -0.15) is 0 Å². The van der Waals surface area contributed by atoms with E-state index >= 15 is 0 Å². The molecule has 1 aromatic carbocycles. The average molecular weight is 192 g/mol. The van der Waals surface area contributed by atoms with Gasteiger partial charge in [0.2, 0.25) is 0 Å². The highest BCUT2D eigenvalue weighted by atomic mass is 16.5. The van der Waals surface area contributed by atoms with Crippen LogP contribution in [-0.2, 0) is 0 Å². The molecule has 0 unspecified atom stereocenters. The number of rotatable bonds is 3. The monoisotopic (exact) mass is 192 g/mol. The lowest BCUT2D eigenvalue weighted by Crippen LogP contribution is -2.01. The summed E-state index contributed by atoms with van der Waals surface area (Å²) in [6.07, 6.45) is 0. The predicted octanol–water partition coefficient (Wildman–Crippen LogP) is 2.43. The first-order chi connectivity index (χ1) is 6.56. The van der Waals surface area contributed by atoms with Crippen molar-refractivity contribution in [1.29, 1.82) is 0 Å². The number of carboxylic acid groups (broad SMARTS) is 1. The molecule has 0 spiro atoms. The van der Waals surface area contributed by atoms with Gasteiger partial charge in [0, 0.05) is 0 Å². The molecule has 0 saturated heterocycles. The topological polar surface area (TPSA) is 46.5 Å². The van der Waals surface area contributed by atoms with E-state index < -0.39 is 5.97 Å². The molecule has 0 aliphatic rings. The van der Waals surface area contributed by atoms with Gasteiger partial charge in [-0.15, -0.1) is 0 Å². The molecule has 0 aromatic heterocycles. The smallest absolute Gasteiger partial charge is 0.336 e. The van der Waals surface area contributed by atoms with E-state index in [1.807, 2.05) is 0 Å². The van der Waals surface area contributed by atoms with Crippen molar-refractivity contribution in [2.45, 2.75) is 6.92 Å². The van der Waals surface area contributed by atoms with Crippen molar-refractivity contribution in [1.82, 2.24) is 0 Å². The van der Waals surface area contributed by atoms with Crippen molar-refractivity contribution in [2.75, 3.05) is 7.11 Å². The Morgan fingerprint density at radius 3 is 2.50 bits per heavy atom. The van der Waals surface area contributed by atoms with E-state index in [-0.39, 0.29) is 5.56 Å². The van der Waals surface area contributed by atoms with Crippen LogP contribution in [0.25, 0.3) is 5.57 Å². The summed E-state index contributed by atoms with van der Waals surface area (Å²) in [7, 11) is 1.54. The molecule has 74 valence electrons. The second-order valence-electron chi connectivity index (χ2n) is 3.00. The van der Waals surface area contributed by atoms with Crippen LogP contribution in [0.3, 0.4) is 0 Å². The van der Waals surface area contributed by atoms with Gasteiger partial charge in [0.1, 0.15) is 5.75 Å². The van der Waals surface area contributed by atoms with E-state index in [2.05, 4.69) is 6.58 Å². The van der Waals surface area contributed by atoms with Crippen LogP contribution < -0.4 is 4.74 Å². The van der Waals surface area contributed by atoms with Crippen molar-refractivity contribution in [3.05, 3.63) is 35.9 Å². The first kappa shape index (κ1) is 10.3. The van der Waals surface area contributed by atoms with Crippen LogP contribution in [0.5, 0.6) is 5.75 Å². The third kappa shape index (κ3) is 1.93. The molecule has 3 nitrogen and oxygen atoms in total. The van der Waals surface area contributed by atoms with Crippen LogP contribution >= 0.6 is 0 Å². The molecule has 0 radical (unpaired) electrons. The summed E-state index contributed by atoms with van der Waals surface area (Å²) in [5.41, 5.74) is 1.57. The average Bonchev–Trinajstić information content (AvgIpc) is 2.16. The zero-order valence-electron chi connectivity index (χ0n) is 8.20. The molecule has 0 amide bonds. The van der Waals surface area contributed by atoms with E-state index in [1.54, 1.807) is 19.1 Å². The summed E-state index contributed by atoms with van der Waals surface area (Å²) in [4.78, 5) is 10.8. The summed E-state index contributed by atoms with van der Waals surface area (Å²) in [6, 6.07) is 4.81. The number of ether oxygens (including phenoxy) is 1. The molecule has 3 heteroatoms. The number of methoxy groups -OCH3 is 1. The predicted molar refractivity (Wildman–Crippen MR) is 54.7 cm³/mol. The minimum Gasteiger partial charge on any atom is -0.497 e. The minimum absolute atomic E-state index is 0.248. The lowest BCUT2D eigenvalue weighted by Gasteiger charge is -2.07. The highest BCUT2D eigenvalue weighted by Crippen LogP contribution is 2.23. The van der Waals surface area contributed by atoms with E-state index in [0.717, 1.165) is 0 Å². The number of carboxylic acids is 1. The van der Waals surface area contributed by atoms with Gasteiger partial charge in [0.15, 0.2) is 0 Å². The lowest BCUT2D eigenvalue weighted by molar-refractivity contribution is 0.0696. The number of carbonyl (C=O) groups is 1. The molecule has 0 aliphatic carbocycles. The van der Waals surface area contributed by atoms with E-state index in [1.165, 1.54) is 13.2 Å². The number of allylic oxidation sites excluding steroid dienone is 1. The van der Waals surface area contributed by atoms with Gasteiger partial charge in [0.05, 0.1) is 12.7 Å². The quantitative estimate of drug-likeness (QED) is 0.800. The molecule has 0 saturated carbocycles. The maximum absolute atomic E-state index is 10.8. The Labute approximate surface area is 82.6 Å². The van der Waals surface area contributed by atoms with Gasteiger partial charge in [-0.05, 0) is 30.7 Å².